The van der Waals surface area contributed by atoms with Crippen LogP contribution in [0.5, 0.6) is 0 Å². The number of pyridine rings is 1. The van der Waals surface area contributed by atoms with Gasteiger partial charge in [-0.3, -0.25) is 4.79 Å². The summed E-state index contributed by atoms with van der Waals surface area (Å²) in [7, 11) is 0. The summed E-state index contributed by atoms with van der Waals surface area (Å²) in [5, 5.41) is 7.86. The molecule has 0 fully saturated rings. The van der Waals surface area contributed by atoms with Crippen LogP contribution in [0.3, 0.4) is 0 Å². The molecule has 6 heteroatoms. The van der Waals surface area contributed by atoms with E-state index in [-0.39, 0.29) is 11.9 Å². The maximum Gasteiger partial charge on any atom is 0.252 e. The van der Waals surface area contributed by atoms with Crippen LogP contribution in [-0.2, 0) is 0 Å². The fourth-order valence-electron chi connectivity index (χ4n) is 1.99. The predicted molar refractivity (Wildman–Crippen MR) is 74.0 cm³/mol. The van der Waals surface area contributed by atoms with E-state index in [9.17, 15) is 4.79 Å². The van der Waals surface area contributed by atoms with Gasteiger partial charge in [-0.15, -0.1) is 0 Å². The Labute approximate surface area is 112 Å². The van der Waals surface area contributed by atoms with E-state index in [2.05, 4.69) is 15.4 Å². The van der Waals surface area contributed by atoms with Crippen molar-refractivity contribution in [2.24, 2.45) is 5.73 Å². The van der Waals surface area contributed by atoms with Gasteiger partial charge in [-0.1, -0.05) is 0 Å². The summed E-state index contributed by atoms with van der Waals surface area (Å²) in [4.78, 5) is 16.6. The van der Waals surface area contributed by atoms with Crippen LogP contribution in [-0.4, -0.2) is 33.8 Å². The first-order valence-corrected chi connectivity index (χ1v) is 6.37. The van der Waals surface area contributed by atoms with Crippen molar-refractivity contribution in [2.45, 2.75) is 26.8 Å². The third-order valence-corrected chi connectivity index (χ3v) is 2.86. The largest absolute Gasteiger partial charge is 0.351 e. The Morgan fingerprint density at radius 3 is 2.89 bits per heavy atom. The summed E-state index contributed by atoms with van der Waals surface area (Å²) in [6.07, 6.45) is 1.69. The van der Waals surface area contributed by atoms with Gasteiger partial charge in [-0.05, 0) is 26.8 Å². The molecule has 0 unspecified atom stereocenters. The summed E-state index contributed by atoms with van der Waals surface area (Å²) in [5.41, 5.74) is 7.54. The highest BCUT2D eigenvalue weighted by atomic mass is 16.1. The van der Waals surface area contributed by atoms with Gasteiger partial charge in [0.15, 0.2) is 5.65 Å². The first-order valence-electron chi connectivity index (χ1n) is 6.37. The number of nitrogens with zero attached hydrogens (tertiary/aromatic N) is 3. The van der Waals surface area contributed by atoms with Crippen molar-refractivity contribution in [2.75, 3.05) is 13.1 Å². The molecule has 0 aliphatic rings. The number of carbonyl (C=O) groups is 1. The number of nitrogens with two attached hydrogens (primary N) is 1. The number of aryl methyl sites for hydroxylation is 1. The number of hydrogen-bond acceptors (Lipinski definition) is 4. The Kier molecular flexibility index (Phi) is 3.80. The number of fused-ring (bicyclic) bond motifs is 1. The minimum Gasteiger partial charge on any atom is -0.351 e. The fourth-order valence-corrected chi connectivity index (χ4v) is 1.99. The van der Waals surface area contributed by atoms with Crippen LogP contribution in [0.2, 0.25) is 0 Å². The predicted octanol–water partition coefficient (Wildman–Crippen LogP) is 1.01. The Morgan fingerprint density at radius 1 is 1.53 bits per heavy atom. The first-order chi connectivity index (χ1) is 9.04. The summed E-state index contributed by atoms with van der Waals surface area (Å²) in [6.45, 7) is 6.82. The number of rotatable bonds is 4. The molecule has 6 nitrogen and oxygen atoms in total. The van der Waals surface area contributed by atoms with Crippen LogP contribution in [0.25, 0.3) is 11.0 Å². The molecule has 0 aliphatic heterocycles. The summed E-state index contributed by atoms with van der Waals surface area (Å²) < 4.78 is 1.82. The molecule has 1 amide bonds. The molecule has 0 saturated carbocycles. The Bertz CT molecular complexity index is 602. The lowest BCUT2D eigenvalue weighted by molar-refractivity contribution is 0.0956. The zero-order chi connectivity index (χ0) is 14.0. The van der Waals surface area contributed by atoms with Gasteiger partial charge < -0.3 is 11.1 Å². The Hall–Kier alpha value is -1.95. The van der Waals surface area contributed by atoms with Gasteiger partial charge in [0.05, 0.1) is 17.1 Å². The summed E-state index contributed by atoms with van der Waals surface area (Å²) in [6, 6.07) is 1.98. The van der Waals surface area contributed by atoms with Gasteiger partial charge >= 0.3 is 0 Å². The van der Waals surface area contributed by atoms with E-state index in [0.29, 0.717) is 18.7 Å². The maximum absolute atomic E-state index is 12.1. The molecule has 3 N–H and O–H groups in total. The second-order valence-corrected chi connectivity index (χ2v) is 4.78. The minimum absolute atomic E-state index is 0.135. The van der Waals surface area contributed by atoms with E-state index in [0.717, 1.165) is 16.7 Å². The van der Waals surface area contributed by atoms with Gasteiger partial charge in [0.2, 0.25) is 0 Å². The highest BCUT2D eigenvalue weighted by Gasteiger charge is 2.16. The molecule has 2 heterocycles. The lowest BCUT2D eigenvalue weighted by Crippen LogP contribution is -2.29. The maximum atomic E-state index is 12.1. The fraction of sp³-hybridized carbons (Fsp3) is 0.462. The molecule has 0 bridgehead atoms. The quantitative estimate of drug-likeness (QED) is 0.860. The molecule has 0 radical (unpaired) electrons. The average Bonchev–Trinajstić information content (AvgIpc) is 2.78. The number of aromatic nitrogens is 3. The third kappa shape index (κ3) is 2.58. The Balaban J connectivity index is 2.52. The molecule has 2 aromatic heterocycles. The number of nitrogens with one attached hydrogen (secondary N) is 1. The van der Waals surface area contributed by atoms with Gasteiger partial charge in [-0.2, -0.15) is 5.10 Å². The van der Waals surface area contributed by atoms with Crippen molar-refractivity contribution >= 4 is 16.9 Å². The molecule has 2 rings (SSSR count). The van der Waals surface area contributed by atoms with E-state index < -0.39 is 0 Å². The number of hydrogen-bond donors (Lipinski definition) is 2. The molecule has 0 aromatic carbocycles. The lowest BCUT2D eigenvalue weighted by Gasteiger charge is -2.09. The average molecular weight is 261 g/mol. The topological polar surface area (TPSA) is 85.8 Å². The van der Waals surface area contributed by atoms with Crippen molar-refractivity contribution in [3.8, 4) is 0 Å². The molecule has 102 valence electrons. The number of carbonyl (C=O) groups excluding carboxylic acids is 1. The zero-order valence-corrected chi connectivity index (χ0v) is 11.5. The smallest absolute Gasteiger partial charge is 0.252 e. The molecule has 0 saturated heterocycles. The molecule has 2 aromatic rings. The van der Waals surface area contributed by atoms with Crippen LogP contribution >= 0.6 is 0 Å². The normalized spacial score (nSPS) is 11.2. The monoisotopic (exact) mass is 261 g/mol. The summed E-state index contributed by atoms with van der Waals surface area (Å²) >= 11 is 0. The van der Waals surface area contributed by atoms with Crippen molar-refractivity contribution in [3.63, 3.8) is 0 Å². The third-order valence-electron chi connectivity index (χ3n) is 2.86. The lowest BCUT2D eigenvalue weighted by atomic mass is 10.1. The second kappa shape index (κ2) is 5.36. The van der Waals surface area contributed by atoms with E-state index in [1.807, 2.05) is 25.5 Å². The Morgan fingerprint density at radius 2 is 2.26 bits per heavy atom. The van der Waals surface area contributed by atoms with E-state index in [1.54, 1.807) is 12.3 Å². The van der Waals surface area contributed by atoms with Gasteiger partial charge in [0.1, 0.15) is 0 Å². The van der Waals surface area contributed by atoms with Gasteiger partial charge in [0, 0.05) is 24.8 Å². The van der Waals surface area contributed by atoms with Crippen LogP contribution in [0.4, 0.5) is 0 Å². The molecule has 0 aliphatic carbocycles. The van der Waals surface area contributed by atoms with Crippen molar-refractivity contribution in [1.82, 2.24) is 20.1 Å². The molecular formula is C13H19N5O. The molecule has 19 heavy (non-hydrogen) atoms. The van der Waals surface area contributed by atoms with Crippen LogP contribution in [0, 0.1) is 6.92 Å². The first kappa shape index (κ1) is 13.5. The highest BCUT2D eigenvalue weighted by Crippen LogP contribution is 2.20. The minimum atomic E-state index is -0.135. The standard InChI is InChI=1S/C13H19N5O/c1-8(2)18-12-11(7-16-18)10(6-9(3)17-12)13(19)15-5-4-14/h6-8H,4-5,14H2,1-3H3,(H,15,19). The summed E-state index contributed by atoms with van der Waals surface area (Å²) in [5.74, 6) is -0.135. The molecule has 0 atom stereocenters. The molecule has 0 spiro atoms. The molecular weight excluding hydrogens is 242 g/mol. The zero-order valence-electron chi connectivity index (χ0n) is 11.5. The van der Waals surface area contributed by atoms with Crippen molar-refractivity contribution in [3.05, 3.63) is 23.5 Å². The van der Waals surface area contributed by atoms with Gasteiger partial charge in [0.25, 0.3) is 5.91 Å². The SMILES string of the molecule is Cc1cc(C(=O)NCCN)c2cnn(C(C)C)c2n1. The van der Waals surface area contributed by atoms with E-state index in [4.69, 9.17) is 5.73 Å². The second-order valence-electron chi connectivity index (χ2n) is 4.78. The number of amides is 1. The van der Waals surface area contributed by atoms with Gasteiger partial charge in [-0.25, -0.2) is 9.67 Å². The van der Waals surface area contributed by atoms with Crippen molar-refractivity contribution in [1.29, 1.82) is 0 Å². The van der Waals surface area contributed by atoms with Crippen LogP contribution in [0.1, 0.15) is 35.9 Å². The highest BCUT2D eigenvalue weighted by molar-refractivity contribution is 6.05. The van der Waals surface area contributed by atoms with Crippen LogP contribution < -0.4 is 11.1 Å². The van der Waals surface area contributed by atoms with E-state index >= 15 is 0 Å². The van der Waals surface area contributed by atoms with Crippen molar-refractivity contribution < 1.29 is 4.79 Å². The van der Waals surface area contributed by atoms with E-state index in [1.165, 1.54) is 0 Å². The van der Waals surface area contributed by atoms with Crippen LogP contribution in [0.15, 0.2) is 12.3 Å².